The largest absolute Gasteiger partial charge is 0.327 e. The molecule has 1 aliphatic rings. The van der Waals surface area contributed by atoms with Gasteiger partial charge in [-0.2, -0.15) is 0 Å². The van der Waals surface area contributed by atoms with Crippen LogP contribution in [0.15, 0.2) is 12.1 Å². The number of carbonyl (C=O) groups is 1. The summed E-state index contributed by atoms with van der Waals surface area (Å²) in [5.74, 6) is -0.314. The summed E-state index contributed by atoms with van der Waals surface area (Å²) in [4.78, 5) is 12.4. The molecule has 20 heavy (non-hydrogen) atoms. The number of rotatable bonds is 2. The minimum atomic E-state index is -0.194. The second-order valence-electron chi connectivity index (χ2n) is 5.14. The Bertz CT molecular complexity index is 484. The van der Waals surface area contributed by atoms with Gasteiger partial charge in [0.2, 0.25) is 5.91 Å². The Balaban J connectivity index is 2.15. The summed E-state index contributed by atoms with van der Waals surface area (Å²) >= 11 is 18.0. The van der Waals surface area contributed by atoms with Crippen LogP contribution < -0.4 is 11.1 Å². The summed E-state index contributed by atoms with van der Waals surface area (Å²) in [7, 11) is 0. The zero-order chi connectivity index (χ0) is 14.7. The number of amides is 1. The van der Waals surface area contributed by atoms with E-state index in [1.54, 1.807) is 12.1 Å². The molecule has 2 rings (SSSR count). The number of hydrogen-bond acceptors (Lipinski definition) is 2. The zero-order valence-electron chi connectivity index (χ0n) is 11.0. The van der Waals surface area contributed by atoms with Crippen LogP contribution in [0.25, 0.3) is 0 Å². The van der Waals surface area contributed by atoms with E-state index < -0.39 is 0 Å². The Morgan fingerprint density at radius 1 is 1.10 bits per heavy atom. The minimum Gasteiger partial charge on any atom is -0.327 e. The Morgan fingerprint density at radius 3 is 2.35 bits per heavy atom. The summed E-state index contributed by atoms with van der Waals surface area (Å²) in [6.07, 6.45) is 4.90. The van der Waals surface area contributed by atoms with Gasteiger partial charge < -0.3 is 11.1 Å². The predicted octanol–water partition coefficient (Wildman–Crippen LogP) is 4.49. The monoisotopic (exact) mass is 334 g/mol. The van der Waals surface area contributed by atoms with E-state index in [0.29, 0.717) is 20.8 Å². The van der Waals surface area contributed by atoms with Gasteiger partial charge in [0.1, 0.15) is 0 Å². The number of nitrogens with one attached hydrogen (secondary N) is 1. The van der Waals surface area contributed by atoms with Crippen LogP contribution in [0.5, 0.6) is 0 Å². The average molecular weight is 336 g/mol. The van der Waals surface area contributed by atoms with E-state index in [2.05, 4.69) is 5.32 Å². The molecule has 0 aliphatic heterocycles. The quantitative estimate of drug-likeness (QED) is 0.782. The van der Waals surface area contributed by atoms with Crippen LogP contribution >= 0.6 is 34.8 Å². The van der Waals surface area contributed by atoms with Gasteiger partial charge in [0, 0.05) is 11.1 Å². The summed E-state index contributed by atoms with van der Waals surface area (Å²) in [5.41, 5.74) is 6.49. The first-order valence-corrected chi connectivity index (χ1v) is 7.83. The van der Waals surface area contributed by atoms with Crippen LogP contribution in [0, 0.1) is 5.92 Å². The first kappa shape index (κ1) is 15.9. The fraction of sp³-hybridized carbons (Fsp3) is 0.500. The molecule has 0 saturated heterocycles. The van der Waals surface area contributed by atoms with Gasteiger partial charge in [0.25, 0.3) is 0 Å². The topological polar surface area (TPSA) is 55.1 Å². The van der Waals surface area contributed by atoms with E-state index in [1.165, 1.54) is 0 Å². The molecule has 6 heteroatoms. The number of anilines is 1. The normalized spacial score (nSPS) is 23.2. The summed E-state index contributed by atoms with van der Waals surface area (Å²) in [5, 5.41) is 3.89. The third kappa shape index (κ3) is 3.79. The summed E-state index contributed by atoms with van der Waals surface area (Å²) in [6.45, 7) is 0. The van der Waals surface area contributed by atoms with Crippen molar-refractivity contribution in [3.8, 4) is 0 Å². The maximum atomic E-state index is 12.4. The molecule has 1 amide bonds. The first-order valence-electron chi connectivity index (χ1n) is 6.70. The smallest absolute Gasteiger partial charge is 0.229 e. The van der Waals surface area contributed by atoms with Gasteiger partial charge in [-0.05, 0) is 25.0 Å². The van der Waals surface area contributed by atoms with Crippen molar-refractivity contribution in [1.82, 2.24) is 0 Å². The highest BCUT2D eigenvalue weighted by Crippen LogP contribution is 2.34. The van der Waals surface area contributed by atoms with Crippen LogP contribution in [-0.2, 0) is 4.79 Å². The lowest BCUT2D eigenvalue weighted by molar-refractivity contribution is -0.120. The van der Waals surface area contributed by atoms with E-state index in [9.17, 15) is 4.79 Å². The van der Waals surface area contributed by atoms with E-state index in [0.717, 1.165) is 32.1 Å². The molecule has 1 aliphatic carbocycles. The van der Waals surface area contributed by atoms with Crippen molar-refractivity contribution in [2.45, 2.75) is 38.1 Å². The molecule has 0 heterocycles. The predicted molar refractivity (Wildman–Crippen MR) is 84.7 cm³/mol. The van der Waals surface area contributed by atoms with Crippen LogP contribution in [-0.4, -0.2) is 11.9 Å². The van der Waals surface area contributed by atoms with Gasteiger partial charge in [-0.3, -0.25) is 4.79 Å². The van der Waals surface area contributed by atoms with E-state index in [4.69, 9.17) is 40.5 Å². The Hall–Kier alpha value is -0.480. The molecule has 1 aromatic carbocycles. The molecular weight excluding hydrogens is 319 g/mol. The molecule has 0 spiro atoms. The van der Waals surface area contributed by atoms with Crippen molar-refractivity contribution < 1.29 is 4.79 Å². The number of hydrogen-bond donors (Lipinski definition) is 2. The fourth-order valence-corrected chi connectivity index (χ4v) is 3.45. The molecule has 110 valence electrons. The molecular formula is C14H17Cl3N2O. The molecule has 3 nitrogen and oxygen atoms in total. The third-order valence-corrected chi connectivity index (χ3v) is 4.48. The summed E-state index contributed by atoms with van der Waals surface area (Å²) in [6, 6.07) is 3.00. The highest BCUT2D eigenvalue weighted by molar-refractivity contribution is 6.42. The van der Waals surface area contributed by atoms with Gasteiger partial charge >= 0.3 is 0 Å². The molecule has 1 aromatic rings. The van der Waals surface area contributed by atoms with Crippen molar-refractivity contribution in [3.05, 3.63) is 27.2 Å². The maximum absolute atomic E-state index is 12.4. The molecule has 2 atom stereocenters. The van der Waals surface area contributed by atoms with Crippen LogP contribution in [0.2, 0.25) is 15.1 Å². The fourth-order valence-electron chi connectivity index (χ4n) is 2.54. The first-order chi connectivity index (χ1) is 9.49. The van der Waals surface area contributed by atoms with Gasteiger partial charge in [0.15, 0.2) is 0 Å². The highest BCUT2D eigenvalue weighted by Gasteiger charge is 2.27. The Morgan fingerprint density at radius 2 is 1.70 bits per heavy atom. The van der Waals surface area contributed by atoms with Crippen LogP contribution in [0.4, 0.5) is 5.69 Å². The minimum absolute atomic E-state index is 0.109. The molecule has 0 bridgehead atoms. The Kier molecular flexibility index (Phi) is 5.56. The lowest BCUT2D eigenvalue weighted by Gasteiger charge is -2.21. The van der Waals surface area contributed by atoms with Crippen molar-refractivity contribution in [2.24, 2.45) is 11.7 Å². The van der Waals surface area contributed by atoms with Gasteiger partial charge in [0.05, 0.1) is 21.7 Å². The number of halogens is 3. The van der Waals surface area contributed by atoms with Crippen molar-refractivity contribution in [1.29, 1.82) is 0 Å². The summed E-state index contributed by atoms with van der Waals surface area (Å²) < 4.78 is 0. The van der Waals surface area contributed by atoms with Crippen molar-refractivity contribution >= 4 is 46.4 Å². The molecule has 0 aromatic heterocycles. The number of benzene rings is 1. The van der Waals surface area contributed by atoms with Crippen LogP contribution in [0.1, 0.15) is 32.1 Å². The second-order valence-corrected chi connectivity index (χ2v) is 6.39. The SMILES string of the molecule is NC1CCCCCC1C(=O)Nc1c(Cl)cc(Cl)cc1Cl. The Labute approximate surface area is 133 Å². The molecule has 1 saturated carbocycles. The van der Waals surface area contributed by atoms with Gasteiger partial charge in [-0.1, -0.05) is 54.1 Å². The second kappa shape index (κ2) is 6.99. The van der Waals surface area contributed by atoms with Crippen LogP contribution in [0.3, 0.4) is 0 Å². The van der Waals surface area contributed by atoms with E-state index >= 15 is 0 Å². The van der Waals surface area contributed by atoms with E-state index in [1.807, 2.05) is 0 Å². The lowest BCUT2D eigenvalue weighted by atomic mass is 9.94. The van der Waals surface area contributed by atoms with Gasteiger partial charge in [-0.25, -0.2) is 0 Å². The van der Waals surface area contributed by atoms with E-state index in [-0.39, 0.29) is 17.9 Å². The van der Waals surface area contributed by atoms with Crippen molar-refractivity contribution in [2.75, 3.05) is 5.32 Å². The molecule has 3 N–H and O–H groups in total. The lowest BCUT2D eigenvalue weighted by Crippen LogP contribution is -2.37. The third-order valence-electron chi connectivity index (χ3n) is 3.66. The average Bonchev–Trinajstić information content (AvgIpc) is 2.58. The highest BCUT2D eigenvalue weighted by atomic mass is 35.5. The number of carbonyl (C=O) groups excluding carboxylic acids is 1. The molecule has 1 fully saturated rings. The maximum Gasteiger partial charge on any atom is 0.229 e. The molecule has 2 unspecified atom stereocenters. The molecule has 0 radical (unpaired) electrons. The van der Waals surface area contributed by atoms with Gasteiger partial charge in [-0.15, -0.1) is 0 Å². The van der Waals surface area contributed by atoms with Crippen molar-refractivity contribution in [3.63, 3.8) is 0 Å². The standard InChI is InChI=1S/C14H17Cl3N2O/c15-8-6-10(16)13(11(17)7-8)19-14(20)9-4-2-1-3-5-12(9)18/h6-7,9,12H,1-5,18H2,(H,19,20). The number of nitrogens with two attached hydrogens (primary N) is 1. The zero-order valence-corrected chi connectivity index (χ0v) is 13.2.